The molecule has 7 aromatic carbocycles. The minimum atomic E-state index is -0.259. The van der Waals surface area contributed by atoms with E-state index in [0.29, 0.717) is 93.3 Å². The lowest BCUT2D eigenvalue weighted by Crippen LogP contribution is -2.40. The fraction of sp³-hybridized carbons (Fsp3) is 0.213. The number of benzene rings is 7. The Bertz CT molecular complexity index is 7410. The zero-order valence-electron chi connectivity index (χ0n) is 73.4. The van der Waals surface area contributed by atoms with Gasteiger partial charge in [0.2, 0.25) is 53.5 Å². The van der Waals surface area contributed by atoms with E-state index in [0.717, 1.165) is 153 Å². The smallest absolute Gasteiger partial charge is 0.255 e. The lowest BCUT2D eigenvalue weighted by atomic mass is 10.1. The predicted molar refractivity (Wildman–Crippen MR) is 503 cm³/mol. The highest BCUT2D eigenvalue weighted by Crippen LogP contribution is 2.33. The Hall–Kier alpha value is -15.9. The maximum absolute atomic E-state index is 12.0. The van der Waals surface area contributed by atoms with Crippen LogP contribution in [0.3, 0.4) is 0 Å². The first-order valence-electron chi connectivity index (χ1n) is 41.0. The van der Waals surface area contributed by atoms with Crippen molar-refractivity contribution in [1.82, 2.24) is 110 Å². The van der Waals surface area contributed by atoms with Gasteiger partial charge in [-0.25, -0.2) is 79.7 Å². The van der Waals surface area contributed by atoms with Gasteiger partial charge < -0.3 is 29.8 Å². The van der Waals surface area contributed by atoms with Gasteiger partial charge in [0.25, 0.3) is 22.6 Å². The number of aromatic nitrogens is 20. The van der Waals surface area contributed by atoms with Crippen LogP contribution in [-0.4, -0.2) is 127 Å². The molecule has 1 aliphatic carbocycles. The summed E-state index contributed by atoms with van der Waals surface area (Å²) >= 11 is 1.60. The average Bonchev–Trinajstić information content (AvgIpc) is 1.30. The van der Waals surface area contributed by atoms with Gasteiger partial charge in [0.1, 0.15) is 17.2 Å². The first-order valence-corrected chi connectivity index (χ1v) is 41.9. The molecule has 0 unspecified atom stereocenters. The van der Waals surface area contributed by atoms with Crippen LogP contribution in [0, 0.1) is 90.0 Å². The molecule has 0 fully saturated rings. The van der Waals surface area contributed by atoms with Crippen molar-refractivity contribution >= 4 is 137 Å². The molecule has 10 N–H and O–H groups in total. The summed E-state index contributed by atoms with van der Waals surface area (Å²) in [5, 5.41) is 24.4. The number of hydrogen-bond acceptors (Lipinski definition) is 28. The number of fused-ring (bicyclic) bond motifs is 6. The van der Waals surface area contributed by atoms with Crippen molar-refractivity contribution in [3.05, 3.63) is 285 Å². The fourth-order valence-corrected chi connectivity index (χ4v) is 14.9. The highest BCUT2D eigenvalue weighted by Gasteiger charge is 2.25. The van der Waals surface area contributed by atoms with Gasteiger partial charge in [0, 0.05) is 90.0 Å². The molecule has 0 bridgehead atoms. The number of rotatable bonds is 16. The summed E-state index contributed by atoms with van der Waals surface area (Å²) in [7, 11) is 4.87. The molecule has 0 atom stereocenters. The van der Waals surface area contributed by atoms with E-state index in [9.17, 15) is 14.4 Å². The Balaban J connectivity index is 0.000000124. The van der Waals surface area contributed by atoms with Gasteiger partial charge in [0.05, 0.1) is 99.8 Å². The second-order valence-corrected chi connectivity index (χ2v) is 31.5. The number of para-hydroxylation sites is 2. The van der Waals surface area contributed by atoms with E-state index >= 15 is 0 Å². The van der Waals surface area contributed by atoms with Crippen LogP contribution in [0.15, 0.2) is 200 Å². The molecule has 0 saturated heterocycles. The lowest BCUT2D eigenvalue weighted by Gasteiger charge is -2.22. The Morgan fingerprint density at radius 2 is 0.914 bits per heavy atom. The summed E-state index contributed by atoms with van der Waals surface area (Å²) in [6.07, 6.45) is 3.29. The van der Waals surface area contributed by atoms with Gasteiger partial charge in [0.15, 0.2) is 5.16 Å². The van der Waals surface area contributed by atoms with Crippen molar-refractivity contribution in [3.8, 4) is 28.5 Å². The zero-order valence-corrected chi connectivity index (χ0v) is 74.2. The summed E-state index contributed by atoms with van der Waals surface area (Å²) in [4.78, 5) is 124. The van der Waals surface area contributed by atoms with Crippen LogP contribution in [-0.2, 0) is 5.75 Å². The van der Waals surface area contributed by atoms with E-state index in [2.05, 4.69) is 182 Å². The van der Waals surface area contributed by atoms with Gasteiger partial charge >= 0.3 is 0 Å². The molecule has 19 rings (SSSR count). The molecular formula is C94H93N27O6S. The number of anilines is 8. The minimum absolute atomic E-state index is 0.163. The largest absolute Gasteiger partial charge is 0.497 e. The molecule has 10 aromatic heterocycles. The van der Waals surface area contributed by atoms with Crippen molar-refractivity contribution in [2.45, 2.75) is 120 Å². The number of aliphatic imine (C=N–C) groups is 1. The predicted octanol–water partition coefficient (Wildman–Crippen LogP) is 17.2. The number of nitrogens with one attached hydrogen (secondary N) is 10. The van der Waals surface area contributed by atoms with Gasteiger partial charge in [-0.15, -0.1) is 0 Å². The molecule has 0 radical (unpaired) electrons. The molecule has 17 aromatic rings. The normalized spacial score (nSPS) is 12.4. The Labute approximate surface area is 738 Å². The zero-order chi connectivity index (χ0) is 90.1. The third kappa shape index (κ3) is 20.6. The third-order valence-electron chi connectivity index (χ3n) is 21.3. The quantitative estimate of drug-likeness (QED) is 0.0402. The number of guanidine groups is 1. The van der Waals surface area contributed by atoms with Crippen LogP contribution in [0.5, 0.6) is 17.2 Å². The molecule has 128 heavy (non-hydrogen) atoms. The first kappa shape index (κ1) is 87.0. The monoisotopic (exact) mass is 1730 g/mol. The highest BCUT2D eigenvalue weighted by atomic mass is 32.2. The number of aryl methyl sites for hydroxylation is 11. The SMILES string of the molecule is C=C1NC(=Nc2nc(C)c3cc(C)ccc3n2)NC2=C1CCC2.COc1ccc2c(C)nc(Nc3nc(-c4ccccc4)cc(=O)[nH]3)nc2c1.COc1ccc2nc(Nc3nc(C)c(C)c(=O)[nH]3)nc(C)c2c1.COc1ccc2nc(Nc3nc(C)cc(CSc4nc5ccccc5[nH]4)n3)nc(C)c2c1.Cc1cc2nc(Nc3nc(C)c(C)c(=O)[nH]3)nc(C)c2cc1C. The van der Waals surface area contributed by atoms with Gasteiger partial charge in [-0.3, -0.25) is 50.6 Å². The molecular weight excluding hydrogens is 1640 g/mol. The molecule has 34 heteroatoms. The molecule has 2 aliphatic rings. The minimum Gasteiger partial charge on any atom is -0.497 e. The standard InChI is InChI=1S/C23H21N7OS.C20H17N5O2.C18H19N5.C17H19N5O.C16H17N5O2/c1-13-10-15(12-32-23-28-19-6-4-5-7-20(19)29-23)26-21(24-13)30-22-25-14(2)17-11-16(31-3)8-9-18(17)27-22;1-12-15-9-8-14(27-2)10-17(15)23-19(21-12)25-20-22-16(11-18(26)24-20)13-6-4-3-5-7-13;1-10-7-8-16-14(9-10)12(3)20-18(22-16)23-17-19-11(2)13-5-4-6-15(13)21-17;1-8-6-13-12(5)19-16(20-14(13)7-9(8)2)22-17-18-11(4)10(3)15(23)21-17;1-8-9(2)17-16(20-14(8)22)21-15-18-10(3)12-7-11(23-4)5-6-13(12)19-15/h4-11H,12H2,1-3H3,(H,28,29)(H,24,25,26,27,30);3-11H,1-2H3,(H2,21,22,23,24,25,26);7-9H,2,4-6H2,1,3H3,(H2,19,20,21,22,23);6-7H,1-5H3,(H2,18,19,20,21,22,23);5-7H,1-4H3,(H2,17,18,19,20,21,22). The maximum atomic E-state index is 12.0. The molecule has 646 valence electrons. The summed E-state index contributed by atoms with van der Waals surface area (Å²) < 4.78 is 15.8. The molecule has 0 amide bonds. The van der Waals surface area contributed by atoms with Gasteiger partial charge in [-0.2, -0.15) is 4.99 Å². The van der Waals surface area contributed by atoms with Crippen LogP contribution >= 0.6 is 11.8 Å². The van der Waals surface area contributed by atoms with Crippen molar-refractivity contribution in [2.75, 3.05) is 42.6 Å². The molecule has 1 aliphatic heterocycles. The first-order chi connectivity index (χ1) is 61.6. The summed E-state index contributed by atoms with van der Waals surface area (Å²) in [6.45, 7) is 29.0. The van der Waals surface area contributed by atoms with Crippen molar-refractivity contribution in [1.29, 1.82) is 0 Å². The summed E-state index contributed by atoms with van der Waals surface area (Å²) in [5.74, 6) is 7.05. The number of imidazole rings is 1. The number of H-pyrrole nitrogens is 4. The summed E-state index contributed by atoms with van der Waals surface area (Å²) in [5.41, 5.74) is 22.6. The van der Waals surface area contributed by atoms with Crippen LogP contribution in [0.4, 0.5) is 53.5 Å². The van der Waals surface area contributed by atoms with E-state index < -0.39 is 0 Å². The van der Waals surface area contributed by atoms with Crippen LogP contribution in [0.2, 0.25) is 0 Å². The Morgan fingerprint density at radius 1 is 0.406 bits per heavy atom. The number of methoxy groups -OCH3 is 3. The number of hydrogen-bond donors (Lipinski definition) is 10. The second-order valence-electron chi connectivity index (χ2n) is 30.5. The van der Waals surface area contributed by atoms with E-state index in [1.54, 1.807) is 60.8 Å². The number of allylic oxidation sites excluding steroid dienone is 2. The molecule has 0 spiro atoms. The topological polar surface area (TPSA) is 433 Å². The highest BCUT2D eigenvalue weighted by molar-refractivity contribution is 7.98. The number of thioether (sulfide) groups is 1. The van der Waals surface area contributed by atoms with Gasteiger partial charge in [-0.05, 0) is 217 Å². The molecule has 33 nitrogen and oxygen atoms in total. The van der Waals surface area contributed by atoms with E-state index in [4.69, 9.17) is 14.2 Å². The van der Waals surface area contributed by atoms with Gasteiger partial charge in [-0.1, -0.05) is 72.4 Å². The van der Waals surface area contributed by atoms with Crippen molar-refractivity contribution in [2.24, 2.45) is 4.99 Å². The molecule has 0 saturated carbocycles. The lowest BCUT2D eigenvalue weighted by molar-refractivity contribution is 0.415. The Morgan fingerprint density at radius 3 is 1.52 bits per heavy atom. The van der Waals surface area contributed by atoms with Crippen LogP contribution < -0.4 is 62.8 Å². The Kier molecular flexibility index (Phi) is 25.9. The summed E-state index contributed by atoms with van der Waals surface area (Å²) in [6, 6.07) is 48.2. The van der Waals surface area contributed by atoms with Crippen molar-refractivity contribution in [3.63, 3.8) is 0 Å². The van der Waals surface area contributed by atoms with E-state index in [1.807, 2.05) is 169 Å². The van der Waals surface area contributed by atoms with Crippen molar-refractivity contribution < 1.29 is 14.2 Å². The van der Waals surface area contributed by atoms with E-state index in [1.165, 1.54) is 34.0 Å². The van der Waals surface area contributed by atoms with Crippen LogP contribution in [0.25, 0.3) is 76.8 Å². The molecule has 11 heterocycles. The second kappa shape index (κ2) is 38.1. The number of aromatic amines is 4. The van der Waals surface area contributed by atoms with Crippen LogP contribution in [0.1, 0.15) is 98.3 Å². The fourth-order valence-electron chi connectivity index (χ4n) is 14.1. The average molecular weight is 1730 g/mol. The van der Waals surface area contributed by atoms with E-state index in [-0.39, 0.29) is 22.6 Å². The number of nitrogens with zero attached hydrogens (tertiary/aromatic N) is 17. The number of ether oxygens (including phenoxy) is 3. The third-order valence-corrected chi connectivity index (χ3v) is 22.2. The maximum Gasteiger partial charge on any atom is 0.255 e.